The number of carboxylic acid groups (broad SMARTS) is 1. The molecular formula is C15H19F2NO2. The van der Waals surface area contributed by atoms with Gasteiger partial charge in [-0.2, -0.15) is 0 Å². The van der Waals surface area contributed by atoms with Gasteiger partial charge in [0.05, 0.1) is 0 Å². The third-order valence-corrected chi connectivity index (χ3v) is 3.77. The summed E-state index contributed by atoms with van der Waals surface area (Å²) in [6.45, 7) is 1.93. The number of aliphatic carboxylic acids is 1. The fraction of sp³-hybridized carbons (Fsp3) is 0.533. The van der Waals surface area contributed by atoms with Crippen LogP contribution in [0.25, 0.3) is 0 Å². The summed E-state index contributed by atoms with van der Waals surface area (Å²) in [6.07, 6.45) is 2.98. The van der Waals surface area contributed by atoms with Crippen molar-refractivity contribution in [2.45, 2.75) is 51.1 Å². The van der Waals surface area contributed by atoms with E-state index in [0.29, 0.717) is 36.8 Å². The van der Waals surface area contributed by atoms with Crippen molar-refractivity contribution in [3.8, 4) is 0 Å². The molecule has 0 radical (unpaired) electrons. The summed E-state index contributed by atoms with van der Waals surface area (Å²) in [7, 11) is 0. The lowest BCUT2D eigenvalue weighted by molar-refractivity contribution is -0.139. The van der Waals surface area contributed by atoms with E-state index in [-0.39, 0.29) is 6.04 Å². The van der Waals surface area contributed by atoms with Crippen molar-refractivity contribution in [1.82, 2.24) is 5.32 Å². The highest BCUT2D eigenvalue weighted by Gasteiger charge is 2.26. The van der Waals surface area contributed by atoms with E-state index < -0.39 is 23.6 Å². The highest BCUT2D eigenvalue weighted by atomic mass is 19.1. The first-order valence-corrected chi connectivity index (χ1v) is 6.97. The Morgan fingerprint density at radius 3 is 2.90 bits per heavy atom. The summed E-state index contributed by atoms with van der Waals surface area (Å²) in [5.41, 5.74) is 1.21. The molecule has 0 fully saturated rings. The number of halogens is 2. The van der Waals surface area contributed by atoms with Gasteiger partial charge in [-0.1, -0.05) is 13.3 Å². The van der Waals surface area contributed by atoms with Gasteiger partial charge < -0.3 is 10.4 Å². The third-order valence-electron chi connectivity index (χ3n) is 3.77. The molecule has 2 N–H and O–H groups in total. The van der Waals surface area contributed by atoms with E-state index in [0.717, 1.165) is 12.5 Å². The second-order valence-corrected chi connectivity index (χ2v) is 5.31. The second-order valence-electron chi connectivity index (χ2n) is 5.31. The largest absolute Gasteiger partial charge is 0.480 e. The summed E-state index contributed by atoms with van der Waals surface area (Å²) >= 11 is 0. The maximum absolute atomic E-state index is 13.6. The predicted octanol–water partition coefficient (Wildman–Crippen LogP) is 2.67. The Bertz CT molecular complexity index is 505. The molecule has 0 heterocycles. The molecule has 2 rings (SSSR count). The van der Waals surface area contributed by atoms with E-state index in [1.54, 1.807) is 0 Å². The van der Waals surface area contributed by atoms with Gasteiger partial charge >= 0.3 is 5.97 Å². The molecule has 1 aromatic rings. The summed E-state index contributed by atoms with van der Waals surface area (Å²) in [5, 5.41) is 12.2. The molecule has 0 saturated carbocycles. The SMILES string of the molecule is CCC[C@H](NC1CCc2c(F)cc(F)cc2C1)C(=O)O. The van der Waals surface area contributed by atoms with Crippen molar-refractivity contribution < 1.29 is 18.7 Å². The first-order valence-electron chi connectivity index (χ1n) is 6.97. The van der Waals surface area contributed by atoms with Crippen LogP contribution in [-0.2, 0) is 17.6 Å². The first kappa shape index (κ1) is 14.9. The Kier molecular flexibility index (Phi) is 4.70. The minimum absolute atomic E-state index is 0.0450. The number of benzene rings is 1. The molecular weight excluding hydrogens is 264 g/mol. The fourth-order valence-electron chi connectivity index (χ4n) is 2.80. The highest BCUT2D eigenvalue weighted by Crippen LogP contribution is 2.25. The Balaban J connectivity index is 2.09. The zero-order chi connectivity index (χ0) is 14.7. The molecule has 0 bridgehead atoms. The topological polar surface area (TPSA) is 49.3 Å². The molecule has 0 spiro atoms. The molecule has 3 nitrogen and oxygen atoms in total. The van der Waals surface area contributed by atoms with E-state index in [9.17, 15) is 13.6 Å². The molecule has 0 aromatic heterocycles. The van der Waals surface area contributed by atoms with Crippen LogP contribution < -0.4 is 5.32 Å². The van der Waals surface area contributed by atoms with Gasteiger partial charge in [-0.05, 0) is 42.9 Å². The van der Waals surface area contributed by atoms with Crippen molar-refractivity contribution >= 4 is 5.97 Å². The normalized spacial score (nSPS) is 19.4. The van der Waals surface area contributed by atoms with Crippen LogP contribution in [0.1, 0.15) is 37.3 Å². The van der Waals surface area contributed by atoms with Crippen molar-refractivity contribution in [3.05, 3.63) is 34.9 Å². The van der Waals surface area contributed by atoms with Gasteiger partial charge in [-0.25, -0.2) is 8.78 Å². The smallest absolute Gasteiger partial charge is 0.320 e. The third kappa shape index (κ3) is 3.33. The summed E-state index contributed by atoms with van der Waals surface area (Å²) in [6, 6.07) is 1.62. The van der Waals surface area contributed by atoms with E-state index >= 15 is 0 Å². The van der Waals surface area contributed by atoms with E-state index in [4.69, 9.17) is 5.11 Å². The summed E-state index contributed by atoms with van der Waals surface area (Å²) in [5.74, 6) is -1.95. The number of carboxylic acids is 1. The molecule has 0 aliphatic heterocycles. The van der Waals surface area contributed by atoms with Crippen LogP contribution in [0.2, 0.25) is 0 Å². The summed E-state index contributed by atoms with van der Waals surface area (Å²) in [4.78, 5) is 11.1. The Morgan fingerprint density at radius 1 is 1.50 bits per heavy atom. The maximum atomic E-state index is 13.6. The molecule has 20 heavy (non-hydrogen) atoms. The zero-order valence-corrected chi connectivity index (χ0v) is 11.5. The van der Waals surface area contributed by atoms with Crippen LogP contribution in [0.3, 0.4) is 0 Å². The van der Waals surface area contributed by atoms with Gasteiger partial charge in [0.25, 0.3) is 0 Å². The van der Waals surface area contributed by atoms with Gasteiger partial charge in [0.15, 0.2) is 0 Å². The van der Waals surface area contributed by atoms with Crippen molar-refractivity contribution in [2.24, 2.45) is 0 Å². The minimum Gasteiger partial charge on any atom is -0.480 e. The molecule has 2 atom stereocenters. The van der Waals surface area contributed by atoms with E-state index in [2.05, 4.69) is 5.32 Å². The van der Waals surface area contributed by atoms with Gasteiger partial charge in [0, 0.05) is 12.1 Å². The first-order chi connectivity index (χ1) is 9.51. The number of carbonyl (C=O) groups is 1. The van der Waals surface area contributed by atoms with Crippen molar-refractivity contribution in [1.29, 1.82) is 0 Å². The Labute approximate surface area is 117 Å². The van der Waals surface area contributed by atoms with E-state index in [1.807, 2.05) is 6.92 Å². The molecule has 0 amide bonds. The Morgan fingerprint density at radius 2 is 2.25 bits per heavy atom. The molecule has 1 aliphatic rings. The second kappa shape index (κ2) is 6.31. The molecule has 1 aliphatic carbocycles. The zero-order valence-electron chi connectivity index (χ0n) is 11.5. The number of hydrogen-bond acceptors (Lipinski definition) is 2. The van der Waals surface area contributed by atoms with Crippen molar-refractivity contribution in [3.63, 3.8) is 0 Å². The van der Waals surface area contributed by atoms with Crippen LogP contribution in [-0.4, -0.2) is 23.2 Å². The number of fused-ring (bicyclic) bond motifs is 1. The highest BCUT2D eigenvalue weighted by molar-refractivity contribution is 5.73. The number of hydrogen-bond donors (Lipinski definition) is 2. The predicted molar refractivity (Wildman–Crippen MR) is 71.6 cm³/mol. The molecule has 1 aromatic carbocycles. The van der Waals surface area contributed by atoms with Crippen LogP contribution in [0.5, 0.6) is 0 Å². The molecule has 110 valence electrons. The van der Waals surface area contributed by atoms with Crippen molar-refractivity contribution in [2.75, 3.05) is 0 Å². The standard InChI is InChI=1S/C15H19F2NO2/c1-2-3-14(15(19)20)18-11-4-5-12-9(7-11)6-10(16)8-13(12)17/h6,8,11,14,18H,2-5,7H2,1H3,(H,19,20)/t11?,14-/m0/s1. The lowest BCUT2D eigenvalue weighted by atomic mass is 9.87. The van der Waals surface area contributed by atoms with Gasteiger partial charge in [-0.3, -0.25) is 4.79 Å². The number of rotatable bonds is 5. The van der Waals surface area contributed by atoms with E-state index in [1.165, 1.54) is 6.07 Å². The average Bonchev–Trinajstić information content (AvgIpc) is 2.37. The van der Waals surface area contributed by atoms with Crippen LogP contribution >= 0.6 is 0 Å². The molecule has 0 saturated heterocycles. The minimum atomic E-state index is -0.872. The van der Waals surface area contributed by atoms with Crippen LogP contribution in [0, 0.1) is 11.6 Å². The molecule has 5 heteroatoms. The monoisotopic (exact) mass is 283 g/mol. The quantitative estimate of drug-likeness (QED) is 0.873. The lowest BCUT2D eigenvalue weighted by Crippen LogP contribution is -2.45. The number of nitrogens with one attached hydrogen (secondary N) is 1. The molecule has 1 unspecified atom stereocenters. The lowest BCUT2D eigenvalue weighted by Gasteiger charge is -2.28. The fourth-order valence-corrected chi connectivity index (χ4v) is 2.80. The van der Waals surface area contributed by atoms with Gasteiger partial charge in [0.1, 0.15) is 17.7 Å². The van der Waals surface area contributed by atoms with Crippen LogP contribution in [0.4, 0.5) is 8.78 Å². The Hall–Kier alpha value is -1.49. The maximum Gasteiger partial charge on any atom is 0.320 e. The summed E-state index contributed by atoms with van der Waals surface area (Å²) < 4.78 is 26.9. The van der Waals surface area contributed by atoms with Crippen LogP contribution in [0.15, 0.2) is 12.1 Å². The average molecular weight is 283 g/mol. The van der Waals surface area contributed by atoms with Gasteiger partial charge in [0.2, 0.25) is 0 Å². The van der Waals surface area contributed by atoms with Gasteiger partial charge in [-0.15, -0.1) is 0 Å².